The normalized spacial score (nSPS) is 21.0. The van der Waals surface area contributed by atoms with Crippen LogP contribution in [0.2, 0.25) is 0 Å². The number of carbonyl (C=O) groups is 1. The number of benzene rings is 1. The van der Waals surface area contributed by atoms with Gasteiger partial charge in [0.1, 0.15) is 0 Å². The summed E-state index contributed by atoms with van der Waals surface area (Å²) in [6.45, 7) is 8.57. The average Bonchev–Trinajstić information content (AvgIpc) is 2.33. The third-order valence-corrected chi connectivity index (χ3v) is 3.29. The van der Waals surface area contributed by atoms with Gasteiger partial charge in [-0.3, -0.25) is 10.1 Å². The van der Waals surface area contributed by atoms with Gasteiger partial charge in [-0.15, -0.1) is 0 Å². The lowest BCUT2D eigenvalue weighted by molar-refractivity contribution is -0.126. The number of nitrogens with one attached hydrogen (secondary N) is 1. The minimum Gasteiger partial charge on any atom is -0.309 e. The molecule has 1 heterocycles. The van der Waals surface area contributed by atoms with Crippen molar-refractivity contribution in [1.82, 2.24) is 5.32 Å². The van der Waals surface area contributed by atoms with Gasteiger partial charge in [0.05, 0.1) is 17.2 Å². The molecule has 19 heavy (non-hydrogen) atoms. The molecule has 4 heteroatoms. The van der Waals surface area contributed by atoms with Gasteiger partial charge >= 0.3 is 0 Å². The van der Waals surface area contributed by atoms with Crippen molar-refractivity contribution in [2.24, 2.45) is 0 Å². The summed E-state index contributed by atoms with van der Waals surface area (Å²) in [5.41, 5.74) is 0.706. The Hall–Kier alpha value is -1.86. The lowest BCUT2D eigenvalue weighted by atomic mass is 9.90. The molecule has 2 rings (SSSR count). The highest BCUT2D eigenvalue weighted by atomic mass is 16.2. The van der Waals surface area contributed by atoms with E-state index in [0.717, 1.165) is 5.69 Å². The molecule has 1 aliphatic heterocycles. The van der Waals surface area contributed by atoms with Crippen molar-refractivity contribution in [3.8, 4) is 6.07 Å². The number of carbonyl (C=O) groups excluding carboxylic acids is 1. The Labute approximate surface area is 114 Å². The minimum absolute atomic E-state index is 0.0523. The Morgan fingerprint density at radius 3 is 2.32 bits per heavy atom. The molecule has 0 aliphatic carbocycles. The number of hydrogen-bond donors (Lipinski definition) is 1. The average molecular weight is 257 g/mol. The molecule has 1 aromatic rings. The zero-order valence-electron chi connectivity index (χ0n) is 11.8. The van der Waals surface area contributed by atoms with Crippen molar-refractivity contribution < 1.29 is 4.79 Å². The van der Waals surface area contributed by atoms with Gasteiger partial charge < -0.3 is 4.90 Å². The lowest BCUT2D eigenvalue weighted by Crippen LogP contribution is -2.70. The second-order valence-corrected chi connectivity index (χ2v) is 6.18. The molecule has 100 valence electrons. The Morgan fingerprint density at radius 1 is 1.21 bits per heavy atom. The number of piperazine rings is 1. The topological polar surface area (TPSA) is 56.1 Å². The first kappa shape index (κ1) is 13.6. The summed E-state index contributed by atoms with van der Waals surface area (Å²) >= 11 is 0. The zero-order valence-corrected chi connectivity index (χ0v) is 11.8. The standard InChI is InChI=1S/C15H19N3O/c1-14(2)10-18(13(19)15(3,4)17-14)12-7-5-11(9-16)6-8-12/h5-8,17H,10H2,1-4H3. The Kier molecular flexibility index (Phi) is 3.11. The molecule has 1 N–H and O–H groups in total. The number of nitriles is 1. The summed E-state index contributed by atoms with van der Waals surface area (Å²) in [6, 6.07) is 9.22. The molecule has 1 fully saturated rings. The van der Waals surface area contributed by atoms with Gasteiger partial charge in [0.15, 0.2) is 0 Å². The summed E-state index contributed by atoms with van der Waals surface area (Å²) in [4.78, 5) is 14.3. The predicted octanol–water partition coefficient (Wildman–Crippen LogP) is 2.05. The van der Waals surface area contributed by atoms with Crippen molar-refractivity contribution in [2.75, 3.05) is 11.4 Å². The van der Waals surface area contributed by atoms with E-state index in [0.29, 0.717) is 12.1 Å². The van der Waals surface area contributed by atoms with Gasteiger partial charge in [0.25, 0.3) is 0 Å². The molecule has 0 saturated carbocycles. The fraction of sp³-hybridized carbons (Fsp3) is 0.467. The smallest absolute Gasteiger partial charge is 0.246 e. The fourth-order valence-electron chi connectivity index (χ4n) is 2.67. The fourth-order valence-corrected chi connectivity index (χ4v) is 2.67. The van der Waals surface area contributed by atoms with Crippen LogP contribution in [0.15, 0.2) is 24.3 Å². The van der Waals surface area contributed by atoms with Crippen LogP contribution in [0.4, 0.5) is 5.69 Å². The van der Waals surface area contributed by atoms with E-state index in [9.17, 15) is 4.79 Å². The number of hydrogen-bond acceptors (Lipinski definition) is 3. The molecule has 0 bridgehead atoms. The van der Waals surface area contributed by atoms with E-state index in [1.165, 1.54) is 0 Å². The van der Waals surface area contributed by atoms with E-state index < -0.39 is 5.54 Å². The van der Waals surface area contributed by atoms with Gasteiger partial charge in [0.2, 0.25) is 5.91 Å². The lowest BCUT2D eigenvalue weighted by Gasteiger charge is -2.47. The summed E-state index contributed by atoms with van der Waals surface area (Å²) < 4.78 is 0. The first-order valence-electron chi connectivity index (χ1n) is 6.37. The largest absolute Gasteiger partial charge is 0.309 e. The van der Waals surface area contributed by atoms with Gasteiger partial charge in [-0.1, -0.05) is 0 Å². The summed E-state index contributed by atoms with van der Waals surface area (Å²) in [5.74, 6) is 0.0523. The van der Waals surface area contributed by atoms with Gasteiger partial charge in [-0.25, -0.2) is 0 Å². The van der Waals surface area contributed by atoms with Crippen LogP contribution in [0.25, 0.3) is 0 Å². The molecule has 0 radical (unpaired) electrons. The first-order chi connectivity index (χ1) is 8.75. The third kappa shape index (κ3) is 2.61. The molecule has 4 nitrogen and oxygen atoms in total. The van der Waals surface area contributed by atoms with E-state index >= 15 is 0 Å². The van der Waals surface area contributed by atoms with Crippen LogP contribution in [0.5, 0.6) is 0 Å². The second-order valence-electron chi connectivity index (χ2n) is 6.18. The Bertz CT molecular complexity index is 538. The highest BCUT2D eigenvalue weighted by Gasteiger charge is 2.43. The maximum Gasteiger partial charge on any atom is 0.246 e. The minimum atomic E-state index is -0.588. The molecular weight excluding hydrogens is 238 g/mol. The maximum atomic E-state index is 12.5. The van der Waals surface area contributed by atoms with Crippen molar-refractivity contribution in [3.05, 3.63) is 29.8 Å². The number of rotatable bonds is 1. The summed E-state index contributed by atoms with van der Waals surface area (Å²) in [5, 5.41) is 12.2. The molecular formula is C15H19N3O. The zero-order chi connectivity index (χ0) is 14.3. The quantitative estimate of drug-likeness (QED) is 0.837. The van der Waals surface area contributed by atoms with Crippen LogP contribution in [0, 0.1) is 11.3 Å². The van der Waals surface area contributed by atoms with Crippen LogP contribution >= 0.6 is 0 Å². The molecule has 1 amide bonds. The van der Waals surface area contributed by atoms with Crippen LogP contribution in [0.1, 0.15) is 33.3 Å². The van der Waals surface area contributed by atoms with E-state index in [4.69, 9.17) is 5.26 Å². The number of amides is 1. The summed E-state index contributed by atoms with van der Waals surface area (Å²) in [7, 11) is 0. The number of nitrogens with zero attached hydrogens (tertiary/aromatic N) is 2. The van der Waals surface area contributed by atoms with E-state index in [2.05, 4.69) is 25.2 Å². The van der Waals surface area contributed by atoms with Gasteiger partial charge in [0, 0.05) is 17.8 Å². The predicted molar refractivity (Wildman–Crippen MR) is 74.8 cm³/mol. The van der Waals surface area contributed by atoms with Crippen molar-refractivity contribution in [1.29, 1.82) is 5.26 Å². The molecule has 1 aromatic carbocycles. The molecule has 0 unspecified atom stereocenters. The molecule has 0 aromatic heterocycles. The van der Waals surface area contributed by atoms with Gasteiger partial charge in [-0.2, -0.15) is 5.26 Å². The Morgan fingerprint density at radius 2 is 1.79 bits per heavy atom. The van der Waals surface area contributed by atoms with Crippen LogP contribution < -0.4 is 10.2 Å². The van der Waals surface area contributed by atoms with E-state index in [1.807, 2.05) is 26.0 Å². The molecule has 0 atom stereocenters. The van der Waals surface area contributed by atoms with Gasteiger partial charge in [-0.05, 0) is 52.0 Å². The van der Waals surface area contributed by atoms with Crippen LogP contribution in [-0.4, -0.2) is 23.5 Å². The third-order valence-electron chi connectivity index (χ3n) is 3.29. The highest BCUT2D eigenvalue weighted by Crippen LogP contribution is 2.27. The molecule has 1 saturated heterocycles. The first-order valence-corrected chi connectivity index (χ1v) is 6.37. The highest BCUT2D eigenvalue weighted by molar-refractivity contribution is 6.00. The molecule has 1 aliphatic rings. The van der Waals surface area contributed by atoms with E-state index in [1.54, 1.807) is 17.0 Å². The number of anilines is 1. The van der Waals surface area contributed by atoms with Crippen LogP contribution in [-0.2, 0) is 4.79 Å². The van der Waals surface area contributed by atoms with Crippen molar-refractivity contribution >= 4 is 11.6 Å². The second kappa shape index (κ2) is 4.36. The maximum absolute atomic E-state index is 12.5. The Balaban J connectivity index is 2.36. The monoisotopic (exact) mass is 257 g/mol. The van der Waals surface area contributed by atoms with Crippen molar-refractivity contribution in [3.63, 3.8) is 0 Å². The summed E-state index contributed by atoms with van der Waals surface area (Å²) in [6.07, 6.45) is 0. The van der Waals surface area contributed by atoms with E-state index in [-0.39, 0.29) is 11.4 Å². The molecule has 0 spiro atoms. The SMILES string of the molecule is CC1(C)CN(c2ccc(C#N)cc2)C(=O)C(C)(C)N1. The van der Waals surface area contributed by atoms with Crippen molar-refractivity contribution in [2.45, 2.75) is 38.8 Å². The van der Waals surface area contributed by atoms with Crippen LogP contribution in [0.3, 0.4) is 0 Å².